The summed E-state index contributed by atoms with van der Waals surface area (Å²) in [5, 5.41) is 0. The molecule has 2 rings (SSSR count). The van der Waals surface area contributed by atoms with Crippen LogP contribution in [0.25, 0.3) is 0 Å². The van der Waals surface area contributed by atoms with Crippen molar-refractivity contribution in [1.29, 1.82) is 0 Å². The number of carbonyl (C=O) groups excluding carboxylic acids is 1. The average Bonchev–Trinajstić information content (AvgIpc) is 2.51. The van der Waals surface area contributed by atoms with Crippen LogP contribution < -0.4 is 0 Å². The van der Waals surface area contributed by atoms with E-state index in [9.17, 15) is 9.00 Å². The number of amides is 1. The minimum absolute atomic E-state index is 0.0699. The SMILES string of the molecule is C[C@@H]1c2ccccc2[S@](=O)N1C(=O)C(C)(C)C. The number of hydrogen-bond acceptors (Lipinski definition) is 2. The second kappa shape index (κ2) is 3.95. The summed E-state index contributed by atoms with van der Waals surface area (Å²) < 4.78 is 13.8. The summed E-state index contributed by atoms with van der Waals surface area (Å²) in [6.45, 7) is 7.47. The van der Waals surface area contributed by atoms with Crippen LogP contribution in [0, 0.1) is 5.41 Å². The van der Waals surface area contributed by atoms with E-state index in [2.05, 4.69) is 0 Å². The van der Waals surface area contributed by atoms with Crippen molar-refractivity contribution in [1.82, 2.24) is 4.31 Å². The quantitative estimate of drug-likeness (QED) is 0.711. The van der Waals surface area contributed by atoms with Crippen molar-refractivity contribution < 1.29 is 9.00 Å². The molecule has 92 valence electrons. The summed E-state index contributed by atoms with van der Waals surface area (Å²) in [6, 6.07) is 7.43. The lowest BCUT2D eigenvalue weighted by molar-refractivity contribution is -0.135. The molecule has 1 aliphatic heterocycles. The first-order valence-corrected chi connectivity index (χ1v) is 6.79. The molecule has 0 N–H and O–H groups in total. The lowest BCUT2D eigenvalue weighted by atomic mass is 9.95. The van der Waals surface area contributed by atoms with Crippen LogP contribution in [0.4, 0.5) is 0 Å². The van der Waals surface area contributed by atoms with Gasteiger partial charge in [-0.2, -0.15) is 0 Å². The Morgan fingerprint density at radius 2 is 1.88 bits per heavy atom. The number of fused-ring (bicyclic) bond motifs is 1. The summed E-state index contributed by atoms with van der Waals surface area (Å²) >= 11 is 0. The van der Waals surface area contributed by atoms with Crippen molar-refractivity contribution in [3.05, 3.63) is 29.8 Å². The van der Waals surface area contributed by atoms with Crippen LogP contribution in [0.15, 0.2) is 29.2 Å². The Hall–Kier alpha value is -1.16. The molecule has 1 aliphatic rings. The van der Waals surface area contributed by atoms with Gasteiger partial charge in [0.05, 0.1) is 10.9 Å². The first-order chi connectivity index (χ1) is 7.84. The molecule has 0 spiro atoms. The normalized spacial score (nSPS) is 23.6. The summed E-state index contributed by atoms with van der Waals surface area (Å²) in [4.78, 5) is 13.1. The van der Waals surface area contributed by atoms with Crippen LogP contribution in [0.3, 0.4) is 0 Å². The summed E-state index contributed by atoms with van der Waals surface area (Å²) in [5.74, 6) is -0.0699. The highest BCUT2D eigenvalue weighted by Gasteiger charge is 2.40. The lowest BCUT2D eigenvalue weighted by Gasteiger charge is -2.27. The Bertz CT molecular complexity index is 490. The van der Waals surface area contributed by atoms with Crippen molar-refractivity contribution in [3.8, 4) is 0 Å². The molecule has 0 bridgehead atoms. The van der Waals surface area contributed by atoms with E-state index >= 15 is 0 Å². The molecule has 1 amide bonds. The smallest absolute Gasteiger partial charge is 0.240 e. The van der Waals surface area contributed by atoms with Crippen molar-refractivity contribution in [2.75, 3.05) is 0 Å². The minimum atomic E-state index is -1.36. The van der Waals surface area contributed by atoms with E-state index in [0.29, 0.717) is 0 Å². The topological polar surface area (TPSA) is 37.4 Å². The first-order valence-electron chi connectivity index (χ1n) is 5.68. The monoisotopic (exact) mass is 251 g/mol. The van der Waals surface area contributed by atoms with Gasteiger partial charge in [0.25, 0.3) is 0 Å². The van der Waals surface area contributed by atoms with Crippen molar-refractivity contribution in [3.63, 3.8) is 0 Å². The van der Waals surface area contributed by atoms with E-state index in [1.165, 1.54) is 4.31 Å². The number of hydrogen-bond donors (Lipinski definition) is 0. The van der Waals surface area contributed by atoms with Gasteiger partial charge < -0.3 is 0 Å². The van der Waals surface area contributed by atoms with Gasteiger partial charge in [-0.05, 0) is 18.6 Å². The molecule has 0 aromatic heterocycles. The highest BCUT2D eigenvalue weighted by molar-refractivity contribution is 7.83. The number of nitrogens with zero attached hydrogens (tertiary/aromatic N) is 1. The van der Waals surface area contributed by atoms with Gasteiger partial charge in [0.1, 0.15) is 0 Å². The number of carbonyl (C=O) groups is 1. The van der Waals surface area contributed by atoms with Crippen LogP contribution in [0.5, 0.6) is 0 Å². The molecule has 0 aliphatic carbocycles. The van der Waals surface area contributed by atoms with E-state index in [1.807, 2.05) is 52.0 Å². The first kappa shape index (κ1) is 12.3. The van der Waals surface area contributed by atoms with E-state index < -0.39 is 16.4 Å². The zero-order valence-electron chi connectivity index (χ0n) is 10.6. The summed E-state index contributed by atoms with van der Waals surface area (Å²) in [6.07, 6.45) is 0. The van der Waals surface area contributed by atoms with Gasteiger partial charge >= 0.3 is 0 Å². The van der Waals surface area contributed by atoms with Crippen LogP contribution >= 0.6 is 0 Å². The molecule has 0 radical (unpaired) electrons. The third-order valence-corrected chi connectivity index (χ3v) is 4.52. The molecular formula is C13H17NO2S. The second-order valence-electron chi connectivity index (χ2n) is 5.34. The summed E-state index contributed by atoms with van der Waals surface area (Å²) in [5.41, 5.74) is 0.481. The van der Waals surface area contributed by atoms with Gasteiger partial charge in [0.2, 0.25) is 5.91 Å². The fraction of sp³-hybridized carbons (Fsp3) is 0.462. The van der Waals surface area contributed by atoms with Gasteiger partial charge in [-0.15, -0.1) is 0 Å². The van der Waals surface area contributed by atoms with E-state index in [4.69, 9.17) is 0 Å². The fourth-order valence-corrected chi connectivity index (χ4v) is 3.61. The molecule has 1 aromatic rings. The predicted molar refractivity (Wildman–Crippen MR) is 67.6 cm³/mol. The van der Waals surface area contributed by atoms with E-state index in [0.717, 1.165) is 10.5 Å². The highest BCUT2D eigenvalue weighted by Crippen LogP contribution is 2.38. The standard InChI is InChI=1S/C13H17NO2S/c1-9-10-7-5-6-8-11(10)17(16)14(9)12(15)13(2,3)4/h5-9H,1-4H3/t9-,17+/m1/s1. The van der Waals surface area contributed by atoms with Crippen molar-refractivity contribution in [2.24, 2.45) is 5.41 Å². The molecule has 0 saturated heterocycles. The summed E-state index contributed by atoms with van der Waals surface area (Å²) in [7, 11) is -1.36. The molecule has 17 heavy (non-hydrogen) atoms. The van der Waals surface area contributed by atoms with Gasteiger partial charge in [-0.1, -0.05) is 39.0 Å². The van der Waals surface area contributed by atoms with Crippen molar-refractivity contribution in [2.45, 2.75) is 38.6 Å². The molecular weight excluding hydrogens is 234 g/mol. The Kier molecular flexibility index (Phi) is 2.86. The maximum atomic E-state index is 12.3. The van der Waals surface area contributed by atoms with Crippen LogP contribution in [0.2, 0.25) is 0 Å². The lowest BCUT2D eigenvalue weighted by Crippen LogP contribution is -2.38. The molecule has 4 heteroatoms. The van der Waals surface area contributed by atoms with Gasteiger partial charge in [-0.3, -0.25) is 4.79 Å². The molecule has 3 nitrogen and oxygen atoms in total. The second-order valence-corrected chi connectivity index (χ2v) is 6.68. The highest BCUT2D eigenvalue weighted by atomic mass is 32.2. The minimum Gasteiger partial charge on any atom is -0.273 e. The Balaban J connectivity index is 2.43. The Morgan fingerprint density at radius 3 is 2.41 bits per heavy atom. The molecule has 0 unspecified atom stereocenters. The van der Waals surface area contributed by atoms with E-state index in [1.54, 1.807) is 0 Å². The van der Waals surface area contributed by atoms with Crippen LogP contribution in [0.1, 0.15) is 39.3 Å². The number of benzene rings is 1. The molecule has 1 aromatic carbocycles. The zero-order valence-corrected chi connectivity index (χ0v) is 11.4. The third kappa shape index (κ3) is 1.90. The zero-order chi connectivity index (χ0) is 12.8. The third-order valence-electron chi connectivity index (χ3n) is 2.93. The van der Waals surface area contributed by atoms with Crippen LogP contribution in [-0.2, 0) is 15.8 Å². The average molecular weight is 251 g/mol. The maximum absolute atomic E-state index is 12.3. The molecule has 2 atom stereocenters. The van der Waals surface area contributed by atoms with Crippen LogP contribution in [-0.4, -0.2) is 14.4 Å². The Morgan fingerprint density at radius 1 is 1.29 bits per heavy atom. The molecule has 0 fully saturated rings. The number of rotatable bonds is 0. The van der Waals surface area contributed by atoms with Crippen molar-refractivity contribution >= 4 is 16.9 Å². The van der Waals surface area contributed by atoms with Gasteiger partial charge in [-0.25, -0.2) is 8.51 Å². The predicted octanol–water partition coefficient (Wildman–Crippen LogP) is 2.66. The largest absolute Gasteiger partial charge is 0.273 e. The maximum Gasteiger partial charge on any atom is 0.240 e. The Labute approximate surface area is 104 Å². The molecule has 0 saturated carbocycles. The molecule has 1 heterocycles. The van der Waals surface area contributed by atoms with Gasteiger partial charge in [0, 0.05) is 5.41 Å². The van der Waals surface area contributed by atoms with E-state index in [-0.39, 0.29) is 11.9 Å². The fourth-order valence-electron chi connectivity index (χ4n) is 1.94. The van der Waals surface area contributed by atoms with Gasteiger partial charge in [0.15, 0.2) is 11.0 Å².